The molecule has 1 atom stereocenters. The number of H-pyrrole nitrogens is 1. The van der Waals surface area contributed by atoms with Gasteiger partial charge in [0.05, 0.1) is 0 Å². The Bertz CT molecular complexity index is 1010. The Morgan fingerprint density at radius 1 is 1.11 bits per heavy atom. The highest BCUT2D eigenvalue weighted by atomic mass is 16.5. The van der Waals surface area contributed by atoms with Crippen molar-refractivity contribution in [2.45, 2.75) is 38.8 Å². The predicted octanol–water partition coefficient (Wildman–Crippen LogP) is 3.62. The Morgan fingerprint density at radius 3 is 2.71 bits per heavy atom. The van der Waals surface area contributed by atoms with Crippen LogP contribution in [0.4, 0.5) is 0 Å². The van der Waals surface area contributed by atoms with Gasteiger partial charge in [-0.05, 0) is 42.5 Å². The van der Waals surface area contributed by atoms with E-state index in [2.05, 4.69) is 11.1 Å². The van der Waals surface area contributed by atoms with Gasteiger partial charge in [0.1, 0.15) is 0 Å². The molecule has 1 aliphatic heterocycles. The molecule has 1 amide bonds. The van der Waals surface area contributed by atoms with Gasteiger partial charge in [0, 0.05) is 36.6 Å². The van der Waals surface area contributed by atoms with Gasteiger partial charge < -0.3 is 14.6 Å². The number of carbonyl (C=O) groups is 2. The van der Waals surface area contributed by atoms with Crippen molar-refractivity contribution in [2.24, 2.45) is 0 Å². The number of amides is 1. The van der Waals surface area contributed by atoms with Crippen LogP contribution in [0.2, 0.25) is 0 Å². The van der Waals surface area contributed by atoms with E-state index < -0.39 is 6.10 Å². The van der Waals surface area contributed by atoms with Crippen molar-refractivity contribution in [1.82, 2.24) is 9.88 Å². The molecule has 0 fully saturated rings. The van der Waals surface area contributed by atoms with Crippen LogP contribution >= 0.6 is 0 Å². The van der Waals surface area contributed by atoms with Gasteiger partial charge in [-0.1, -0.05) is 42.5 Å². The minimum Gasteiger partial charge on any atom is -0.453 e. The van der Waals surface area contributed by atoms with Gasteiger partial charge in [-0.25, -0.2) is 0 Å². The van der Waals surface area contributed by atoms with Crippen LogP contribution in [0.1, 0.15) is 30.0 Å². The zero-order valence-electron chi connectivity index (χ0n) is 16.0. The molecular formula is C23H24N2O3. The van der Waals surface area contributed by atoms with E-state index in [9.17, 15) is 9.59 Å². The monoisotopic (exact) mass is 376 g/mol. The summed E-state index contributed by atoms with van der Waals surface area (Å²) in [6, 6.07) is 16.2. The highest BCUT2D eigenvalue weighted by Crippen LogP contribution is 2.21. The summed E-state index contributed by atoms with van der Waals surface area (Å²) in [6.07, 6.45) is 2.84. The molecule has 2 heterocycles. The van der Waals surface area contributed by atoms with Crippen molar-refractivity contribution >= 4 is 22.8 Å². The SMILES string of the molecule is C[C@@H](OC(=O)CCc1c[nH]c2ccccc12)C(=O)N1CCc2ccccc2C1. The number of para-hydroxylation sites is 1. The maximum Gasteiger partial charge on any atom is 0.306 e. The second-order valence-electron chi connectivity index (χ2n) is 7.27. The zero-order chi connectivity index (χ0) is 19.5. The third-order valence-electron chi connectivity index (χ3n) is 5.37. The van der Waals surface area contributed by atoms with Crippen molar-refractivity contribution in [3.63, 3.8) is 0 Å². The first-order chi connectivity index (χ1) is 13.6. The number of ether oxygens (including phenoxy) is 1. The highest BCUT2D eigenvalue weighted by Gasteiger charge is 2.26. The number of aromatic amines is 1. The number of nitrogens with zero attached hydrogens (tertiary/aromatic N) is 1. The Morgan fingerprint density at radius 2 is 1.86 bits per heavy atom. The molecule has 5 heteroatoms. The van der Waals surface area contributed by atoms with Crippen LogP contribution in [0.25, 0.3) is 10.9 Å². The lowest BCUT2D eigenvalue weighted by Gasteiger charge is -2.30. The van der Waals surface area contributed by atoms with Gasteiger partial charge in [-0.3, -0.25) is 9.59 Å². The molecule has 0 radical (unpaired) electrons. The van der Waals surface area contributed by atoms with E-state index in [0.29, 0.717) is 19.5 Å². The van der Waals surface area contributed by atoms with E-state index >= 15 is 0 Å². The molecule has 1 aliphatic rings. The van der Waals surface area contributed by atoms with Crippen LogP contribution in [0, 0.1) is 0 Å². The third kappa shape index (κ3) is 3.79. The Kier molecular flexibility index (Phi) is 5.15. The van der Waals surface area contributed by atoms with Gasteiger partial charge in [0.25, 0.3) is 5.91 Å². The number of nitrogens with one attached hydrogen (secondary N) is 1. The van der Waals surface area contributed by atoms with Crippen molar-refractivity contribution in [3.8, 4) is 0 Å². The molecule has 0 saturated heterocycles. The van der Waals surface area contributed by atoms with Gasteiger partial charge in [-0.2, -0.15) is 0 Å². The average Bonchev–Trinajstić information content (AvgIpc) is 3.14. The summed E-state index contributed by atoms with van der Waals surface area (Å²) < 4.78 is 5.42. The number of benzene rings is 2. The van der Waals surface area contributed by atoms with E-state index in [1.165, 1.54) is 11.1 Å². The summed E-state index contributed by atoms with van der Waals surface area (Å²) in [7, 11) is 0. The van der Waals surface area contributed by atoms with Gasteiger partial charge in [-0.15, -0.1) is 0 Å². The molecule has 2 aromatic carbocycles. The zero-order valence-corrected chi connectivity index (χ0v) is 16.0. The minimum absolute atomic E-state index is 0.130. The van der Waals surface area contributed by atoms with Crippen molar-refractivity contribution in [3.05, 3.63) is 71.4 Å². The molecule has 4 rings (SSSR count). The summed E-state index contributed by atoms with van der Waals surface area (Å²) in [5.41, 5.74) is 4.59. The Balaban J connectivity index is 1.31. The smallest absolute Gasteiger partial charge is 0.306 e. The first kappa shape index (κ1) is 18.3. The second kappa shape index (κ2) is 7.89. The fourth-order valence-electron chi connectivity index (χ4n) is 3.82. The summed E-state index contributed by atoms with van der Waals surface area (Å²) in [5, 5.41) is 1.12. The maximum absolute atomic E-state index is 12.7. The largest absolute Gasteiger partial charge is 0.453 e. The summed E-state index contributed by atoms with van der Waals surface area (Å²) in [5.74, 6) is -0.474. The predicted molar refractivity (Wildman–Crippen MR) is 108 cm³/mol. The number of hydrogen-bond acceptors (Lipinski definition) is 3. The lowest BCUT2D eigenvalue weighted by atomic mass is 9.99. The number of carbonyl (C=O) groups excluding carboxylic acids is 2. The van der Waals surface area contributed by atoms with Crippen molar-refractivity contribution in [1.29, 1.82) is 0 Å². The molecule has 0 saturated carbocycles. The van der Waals surface area contributed by atoms with Crippen molar-refractivity contribution in [2.75, 3.05) is 6.54 Å². The lowest BCUT2D eigenvalue weighted by molar-refractivity contribution is -0.159. The first-order valence-electron chi connectivity index (χ1n) is 9.72. The van der Waals surface area contributed by atoms with Crippen LogP contribution in [-0.2, 0) is 33.7 Å². The van der Waals surface area contributed by atoms with Crippen LogP contribution in [0.15, 0.2) is 54.7 Å². The fraction of sp³-hybridized carbons (Fsp3) is 0.304. The molecule has 1 aromatic heterocycles. The number of aromatic nitrogens is 1. The molecule has 0 spiro atoms. The van der Waals surface area contributed by atoms with Crippen LogP contribution < -0.4 is 0 Å². The van der Waals surface area contributed by atoms with E-state index in [-0.39, 0.29) is 18.3 Å². The number of rotatable bonds is 5. The molecule has 3 aromatic rings. The van der Waals surface area contributed by atoms with E-state index in [4.69, 9.17) is 4.74 Å². The normalized spacial score (nSPS) is 14.5. The molecule has 1 N–H and O–H groups in total. The molecule has 0 aliphatic carbocycles. The number of fused-ring (bicyclic) bond motifs is 2. The number of hydrogen-bond donors (Lipinski definition) is 1. The Hall–Kier alpha value is -3.08. The van der Waals surface area contributed by atoms with E-state index in [1.807, 2.05) is 48.7 Å². The van der Waals surface area contributed by atoms with Crippen LogP contribution in [0.5, 0.6) is 0 Å². The van der Waals surface area contributed by atoms with Gasteiger partial charge in [0.2, 0.25) is 0 Å². The number of aryl methyl sites for hydroxylation is 1. The molecular weight excluding hydrogens is 352 g/mol. The fourth-order valence-corrected chi connectivity index (χ4v) is 3.82. The lowest BCUT2D eigenvalue weighted by Crippen LogP contribution is -2.42. The molecule has 5 nitrogen and oxygen atoms in total. The number of esters is 1. The summed E-state index contributed by atoms with van der Waals surface area (Å²) in [4.78, 5) is 29.9. The standard InChI is InChI=1S/C23H24N2O3/c1-16(23(27)25-13-12-17-6-2-3-7-19(17)15-25)28-22(26)11-10-18-14-24-21-9-5-4-8-20(18)21/h2-9,14,16,24H,10-13,15H2,1H3/t16-/m1/s1. The van der Waals surface area contributed by atoms with Crippen LogP contribution in [-0.4, -0.2) is 34.4 Å². The third-order valence-corrected chi connectivity index (χ3v) is 5.37. The summed E-state index contributed by atoms with van der Waals surface area (Å²) >= 11 is 0. The summed E-state index contributed by atoms with van der Waals surface area (Å²) in [6.45, 7) is 2.89. The quantitative estimate of drug-likeness (QED) is 0.692. The van der Waals surface area contributed by atoms with E-state index in [0.717, 1.165) is 22.9 Å². The molecule has 0 bridgehead atoms. The van der Waals surface area contributed by atoms with Crippen LogP contribution in [0.3, 0.4) is 0 Å². The van der Waals surface area contributed by atoms with Gasteiger partial charge >= 0.3 is 5.97 Å². The van der Waals surface area contributed by atoms with Gasteiger partial charge in [0.15, 0.2) is 6.10 Å². The Labute approximate surface area is 164 Å². The van der Waals surface area contributed by atoms with Crippen molar-refractivity contribution < 1.29 is 14.3 Å². The second-order valence-corrected chi connectivity index (χ2v) is 7.27. The minimum atomic E-state index is -0.763. The molecule has 0 unspecified atom stereocenters. The molecule has 28 heavy (non-hydrogen) atoms. The average molecular weight is 376 g/mol. The maximum atomic E-state index is 12.7. The first-order valence-corrected chi connectivity index (χ1v) is 9.72. The van der Waals surface area contributed by atoms with E-state index in [1.54, 1.807) is 11.8 Å². The topological polar surface area (TPSA) is 62.4 Å². The highest BCUT2D eigenvalue weighted by molar-refractivity contribution is 5.85. The molecule has 144 valence electrons.